The third-order valence-corrected chi connectivity index (χ3v) is 3.57. The van der Waals surface area contributed by atoms with Gasteiger partial charge in [0, 0.05) is 13.7 Å². The van der Waals surface area contributed by atoms with Crippen LogP contribution in [-0.2, 0) is 16.1 Å². The van der Waals surface area contributed by atoms with Crippen molar-refractivity contribution < 1.29 is 23.8 Å². The highest BCUT2D eigenvalue weighted by atomic mass is 16.5. The molecule has 2 unspecified atom stereocenters. The normalized spacial score (nSPS) is 22.8. The Balaban J connectivity index is 2.15. The van der Waals surface area contributed by atoms with Crippen molar-refractivity contribution >= 4 is 11.9 Å². The molecule has 1 amide bonds. The third-order valence-electron chi connectivity index (χ3n) is 3.57. The van der Waals surface area contributed by atoms with Crippen LogP contribution in [0.1, 0.15) is 36.1 Å². The molecule has 2 heterocycles. The minimum Gasteiger partial charge on any atom is -0.480 e. The minimum atomic E-state index is -0.964. The molecule has 1 aromatic rings. The molecule has 1 aromatic heterocycles. The number of amides is 1. The van der Waals surface area contributed by atoms with Gasteiger partial charge in [-0.15, -0.1) is 0 Å². The van der Waals surface area contributed by atoms with Gasteiger partial charge in [-0.1, -0.05) is 6.92 Å². The Bertz CT molecular complexity index is 496. The average Bonchev–Trinajstić information content (AvgIpc) is 2.87. The molecule has 0 spiro atoms. The van der Waals surface area contributed by atoms with E-state index < -0.39 is 12.0 Å². The van der Waals surface area contributed by atoms with Crippen molar-refractivity contribution in [3.05, 3.63) is 23.7 Å². The number of carbonyl (C=O) groups excluding carboxylic acids is 1. The van der Waals surface area contributed by atoms with Gasteiger partial charge in [0.2, 0.25) is 0 Å². The number of hydrogen-bond acceptors (Lipinski definition) is 4. The SMILES string of the molecule is COCc1ccc(C(=O)N2CCC(C)CC2C(=O)O)o1. The summed E-state index contributed by atoms with van der Waals surface area (Å²) in [5.74, 6) is -0.313. The number of nitrogens with zero attached hydrogens (tertiary/aromatic N) is 1. The van der Waals surface area contributed by atoms with Gasteiger partial charge in [-0.3, -0.25) is 4.79 Å². The first-order valence-corrected chi connectivity index (χ1v) is 6.64. The summed E-state index contributed by atoms with van der Waals surface area (Å²) in [5.41, 5.74) is 0. The van der Waals surface area contributed by atoms with E-state index in [0.29, 0.717) is 24.6 Å². The quantitative estimate of drug-likeness (QED) is 0.909. The Kier molecular flexibility index (Phi) is 4.44. The van der Waals surface area contributed by atoms with Crippen LogP contribution >= 0.6 is 0 Å². The van der Waals surface area contributed by atoms with E-state index in [1.54, 1.807) is 12.1 Å². The van der Waals surface area contributed by atoms with Crippen molar-refractivity contribution in [3.8, 4) is 0 Å². The lowest BCUT2D eigenvalue weighted by Crippen LogP contribution is -2.49. The summed E-state index contributed by atoms with van der Waals surface area (Å²) in [7, 11) is 1.54. The van der Waals surface area contributed by atoms with Gasteiger partial charge in [0.15, 0.2) is 5.76 Å². The number of carbonyl (C=O) groups is 2. The Hall–Kier alpha value is -1.82. The van der Waals surface area contributed by atoms with Crippen LogP contribution in [0.2, 0.25) is 0 Å². The van der Waals surface area contributed by atoms with Crippen LogP contribution in [0.25, 0.3) is 0 Å². The van der Waals surface area contributed by atoms with Gasteiger partial charge in [-0.25, -0.2) is 4.79 Å². The molecule has 20 heavy (non-hydrogen) atoms. The Morgan fingerprint density at radius 1 is 1.50 bits per heavy atom. The molecule has 1 aliphatic heterocycles. The van der Waals surface area contributed by atoms with Crippen LogP contribution in [0.3, 0.4) is 0 Å². The van der Waals surface area contributed by atoms with Gasteiger partial charge in [-0.05, 0) is 30.9 Å². The van der Waals surface area contributed by atoms with E-state index >= 15 is 0 Å². The number of rotatable bonds is 4. The first-order chi connectivity index (χ1) is 9.52. The summed E-state index contributed by atoms with van der Waals surface area (Å²) >= 11 is 0. The fraction of sp³-hybridized carbons (Fsp3) is 0.571. The lowest BCUT2D eigenvalue weighted by atomic mass is 9.92. The molecule has 1 N–H and O–H groups in total. The molecule has 6 nitrogen and oxygen atoms in total. The standard InChI is InChI=1S/C14H19NO5/c1-9-5-6-15(11(7-9)14(17)18)13(16)12-4-3-10(20-12)8-19-2/h3-4,9,11H,5-8H2,1-2H3,(H,17,18). The van der Waals surface area contributed by atoms with Crippen molar-refractivity contribution in [1.29, 1.82) is 0 Å². The van der Waals surface area contributed by atoms with Gasteiger partial charge < -0.3 is 19.2 Å². The number of aliphatic carboxylic acids is 1. The van der Waals surface area contributed by atoms with Crippen molar-refractivity contribution in [2.45, 2.75) is 32.4 Å². The maximum absolute atomic E-state index is 12.4. The topological polar surface area (TPSA) is 80.0 Å². The van der Waals surface area contributed by atoms with Crippen LogP contribution in [0.4, 0.5) is 0 Å². The van der Waals surface area contributed by atoms with E-state index in [9.17, 15) is 14.7 Å². The van der Waals surface area contributed by atoms with Crippen LogP contribution in [0, 0.1) is 5.92 Å². The number of carboxylic acid groups (broad SMARTS) is 1. The number of piperidine rings is 1. The van der Waals surface area contributed by atoms with Crippen LogP contribution in [-0.4, -0.2) is 41.6 Å². The van der Waals surface area contributed by atoms with Crippen LogP contribution in [0.5, 0.6) is 0 Å². The zero-order valence-corrected chi connectivity index (χ0v) is 11.7. The average molecular weight is 281 g/mol. The fourth-order valence-electron chi connectivity index (χ4n) is 2.47. The molecular weight excluding hydrogens is 262 g/mol. The molecule has 1 aliphatic rings. The lowest BCUT2D eigenvalue weighted by Gasteiger charge is -2.35. The van der Waals surface area contributed by atoms with E-state index in [-0.39, 0.29) is 18.3 Å². The summed E-state index contributed by atoms with van der Waals surface area (Å²) in [4.78, 5) is 25.1. The molecule has 0 radical (unpaired) electrons. The van der Waals surface area contributed by atoms with E-state index in [0.717, 1.165) is 6.42 Å². The number of methoxy groups -OCH3 is 1. The van der Waals surface area contributed by atoms with Gasteiger partial charge in [0.25, 0.3) is 5.91 Å². The Labute approximate surface area is 117 Å². The fourth-order valence-corrected chi connectivity index (χ4v) is 2.47. The summed E-state index contributed by atoms with van der Waals surface area (Å²) < 4.78 is 10.3. The molecule has 0 bridgehead atoms. The van der Waals surface area contributed by atoms with Gasteiger partial charge in [0.1, 0.15) is 18.4 Å². The largest absolute Gasteiger partial charge is 0.480 e. The highest BCUT2D eigenvalue weighted by Crippen LogP contribution is 2.25. The van der Waals surface area contributed by atoms with Crippen molar-refractivity contribution in [1.82, 2.24) is 4.90 Å². The van der Waals surface area contributed by atoms with E-state index in [2.05, 4.69) is 0 Å². The molecule has 0 saturated carbocycles. The lowest BCUT2D eigenvalue weighted by molar-refractivity contribution is -0.144. The zero-order chi connectivity index (χ0) is 14.7. The number of ether oxygens (including phenoxy) is 1. The first-order valence-electron chi connectivity index (χ1n) is 6.64. The second-order valence-electron chi connectivity index (χ2n) is 5.18. The van der Waals surface area contributed by atoms with Gasteiger partial charge in [-0.2, -0.15) is 0 Å². The molecule has 1 saturated heterocycles. The Morgan fingerprint density at radius 3 is 2.90 bits per heavy atom. The third kappa shape index (κ3) is 3.01. The predicted octanol–water partition coefficient (Wildman–Crippen LogP) is 1.75. The number of likely N-dealkylation sites (tertiary alicyclic amines) is 1. The molecule has 0 aliphatic carbocycles. The smallest absolute Gasteiger partial charge is 0.326 e. The number of carboxylic acids is 1. The number of hydrogen-bond donors (Lipinski definition) is 1. The van der Waals surface area contributed by atoms with Gasteiger partial charge in [0.05, 0.1) is 0 Å². The zero-order valence-electron chi connectivity index (χ0n) is 11.7. The summed E-state index contributed by atoms with van der Waals surface area (Å²) in [6.07, 6.45) is 1.29. The van der Waals surface area contributed by atoms with Crippen molar-refractivity contribution in [2.75, 3.05) is 13.7 Å². The molecular formula is C14H19NO5. The molecule has 1 fully saturated rings. The van der Waals surface area contributed by atoms with Crippen LogP contribution in [0.15, 0.2) is 16.5 Å². The predicted molar refractivity (Wildman–Crippen MR) is 70.3 cm³/mol. The monoisotopic (exact) mass is 281 g/mol. The first kappa shape index (κ1) is 14.6. The van der Waals surface area contributed by atoms with E-state index in [1.807, 2.05) is 6.92 Å². The van der Waals surface area contributed by atoms with E-state index in [4.69, 9.17) is 9.15 Å². The maximum Gasteiger partial charge on any atom is 0.326 e. The number of furan rings is 1. The van der Waals surface area contributed by atoms with Gasteiger partial charge >= 0.3 is 5.97 Å². The molecule has 110 valence electrons. The van der Waals surface area contributed by atoms with Crippen molar-refractivity contribution in [2.24, 2.45) is 5.92 Å². The van der Waals surface area contributed by atoms with Crippen molar-refractivity contribution in [3.63, 3.8) is 0 Å². The maximum atomic E-state index is 12.4. The summed E-state index contributed by atoms with van der Waals surface area (Å²) in [5, 5.41) is 9.27. The summed E-state index contributed by atoms with van der Waals surface area (Å²) in [6.45, 7) is 2.73. The molecule has 0 aromatic carbocycles. The van der Waals surface area contributed by atoms with Crippen LogP contribution < -0.4 is 0 Å². The molecule has 2 rings (SSSR count). The molecule has 6 heteroatoms. The minimum absolute atomic E-state index is 0.165. The van der Waals surface area contributed by atoms with E-state index in [1.165, 1.54) is 12.0 Å². The Morgan fingerprint density at radius 2 is 2.25 bits per heavy atom. The summed E-state index contributed by atoms with van der Waals surface area (Å²) in [6, 6.07) is 2.45. The highest BCUT2D eigenvalue weighted by molar-refractivity contribution is 5.94. The highest BCUT2D eigenvalue weighted by Gasteiger charge is 2.36. The second kappa shape index (κ2) is 6.09. The molecule has 2 atom stereocenters. The second-order valence-corrected chi connectivity index (χ2v) is 5.18.